The highest BCUT2D eigenvalue weighted by Gasteiger charge is 2.31. The zero-order valence-corrected chi connectivity index (χ0v) is 11.1. The topological polar surface area (TPSA) is 21.3 Å². The molecule has 0 aromatic heterocycles. The predicted octanol–water partition coefficient (Wildman–Crippen LogP) is 3.11. The Labute approximate surface area is 100 Å². The number of ether oxygens (including phenoxy) is 1. The second-order valence-corrected chi connectivity index (χ2v) is 6.30. The van der Waals surface area contributed by atoms with Crippen LogP contribution in [-0.4, -0.2) is 24.3 Å². The highest BCUT2D eigenvalue weighted by Crippen LogP contribution is 2.29. The number of rotatable bonds is 3. The third-order valence-electron chi connectivity index (χ3n) is 4.30. The van der Waals surface area contributed by atoms with Gasteiger partial charge in [0.15, 0.2) is 0 Å². The Hall–Kier alpha value is -0.0800. The van der Waals surface area contributed by atoms with E-state index in [1.807, 2.05) is 0 Å². The fourth-order valence-corrected chi connectivity index (χ4v) is 3.34. The third-order valence-corrected chi connectivity index (χ3v) is 4.30. The molecule has 0 aromatic rings. The maximum absolute atomic E-state index is 5.76. The normalized spacial score (nSPS) is 32.8. The minimum atomic E-state index is 0.0747. The molecule has 0 radical (unpaired) electrons. The summed E-state index contributed by atoms with van der Waals surface area (Å²) in [7, 11) is 0. The quantitative estimate of drug-likeness (QED) is 0.797. The van der Waals surface area contributed by atoms with Crippen molar-refractivity contribution >= 4 is 0 Å². The summed E-state index contributed by atoms with van der Waals surface area (Å²) in [6.07, 6.45) is 8.08. The van der Waals surface area contributed by atoms with Crippen molar-refractivity contribution in [2.45, 2.75) is 77.0 Å². The Balaban J connectivity index is 1.79. The van der Waals surface area contributed by atoms with Crippen molar-refractivity contribution in [3.8, 4) is 0 Å². The molecule has 2 rings (SSSR count). The molecular weight excluding hydrogens is 198 g/mol. The van der Waals surface area contributed by atoms with Crippen molar-refractivity contribution < 1.29 is 4.74 Å². The molecule has 16 heavy (non-hydrogen) atoms. The van der Waals surface area contributed by atoms with Crippen LogP contribution in [0.4, 0.5) is 0 Å². The molecule has 0 aromatic carbocycles. The van der Waals surface area contributed by atoms with Gasteiger partial charge in [0, 0.05) is 18.7 Å². The fourth-order valence-electron chi connectivity index (χ4n) is 3.34. The van der Waals surface area contributed by atoms with Crippen molar-refractivity contribution in [1.82, 2.24) is 5.32 Å². The van der Waals surface area contributed by atoms with Crippen molar-refractivity contribution in [2.24, 2.45) is 5.92 Å². The highest BCUT2D eigenvalue weighted by molar-refractivity contribution is 4.86. The smallest absolute Gasteiger partial charge is 0.0641 e. The summed E-state index contributed by atoms with van der Waals surface area (Å²) in [5.41, 5.74) is 0.0747. The molecule has 0 bridgehead atoms. The molecule has 1 aliphatic heterocycles. The zero-order valence-electron chi connectivity index (χ0n) is 11.1. The molecule has 2 aliphatic rings. The van der Waals surface area contributed by atoms with Gasteiger partial charge in [-0.2, -0.15) is 0 Å². The van der Waals surface area contributed by atoms with Gasteiger partial charge in [-0.25, -0.2) is 0 Å². The molecule has 1 aliphatic carbocycles. The molecular formula is C14H27NO. The van der Waals surface area contributed by atoms with Crippen LogP contribution < -0.4 is 5.32 Å². The van der Waals surface area contributed by atoms with Crippen molar-refractivity contribution in [2.75, 3.05) is 6.61 Å². The van der Waals surface area contributed by atoms with Crippen molar-refractivity contribution in [1.29, 1.82) is 0 Å². The molecule has 2 fully saturated rings. The fraction of sp³-hybridized carbons (Fsp3) is 1.00. The van der Waals surface area contributed by atoms with Crippen molar-refractivity contribution in [3.63, 3.8) is 0 Å². The molecule has 94 valence electrons. The number of nitrogens with one attached hydrogen (secondary N) is 1. The monoisotopic (exact) mass is 225 g/mol. The van der Waals surface area contributed by atoms with Gasteiger partial charge in [0.1, 0.15) is 0 Å². The van der Waals surface area contributed by atoms with Crippen LogP contribution in [-0.2, 0) is 4.74 Å². The first kappa shape index (κ1) is 12.4. The summed E-state index contributed by atoms with van der Waals surface area (Å²) in [5.74, 6) is 0.922. The number of hydrogen-bond acceptors (Lipinski definition) is 2. The first-order valence-electron chi connectivity index (χ1n) is 6.97. The van der Waals surface area contributed by atoms with E-state index in [1.54, 1.807) is 0 Å². The van der Waals surface area contributed by atoms with E-state index in [0.29, 0.717) is 12.1 Å². The Morgan fingerprint density at radius 3 is 2.50 bits per heavy atom. The van der Waals surface area contributed by atoms with Gasteiger partial charge in [-0.15, -0.1) is 0 Å². The Morgan fingerprint density at radius 1 is 1.19 bits per heavy atom. The molecule has 0 amide bonds. The maximum Gasteiger partial charge on any atom is 0.0641 e. The largest absolute Gasteiger partial charge is 0.375 e. The van der Waals surface area contributed by atoms with Crippen LogP contribution >= 0.6 is 0 Å². The van der Waals surface area contributed by atoms with Gasteiger partial charge in [-0.3, -0.25) is 0 Å². The minimum absolute atomic E-state index is 0.0747. The van der Waals surface area contributed by atoms with E-state index in [0.717, 1.165) is 18.9 Å². The third kappa shape index (κ3) is 3.21. The average molecular weight is 225 g/mol. The summed E-state index contributed by atoms with van der Waals surface area (Å²) in [4.78, 5) is 0. The van der Waals surface area contributed by atoms with Gasteiger partial charge < -0.3 is 10.1 Å². The Morgan fingerprint density at radius 2 is 1.88 bits per heavy atom. The zero-order chi connectivity index (χ0) is 11.6. The van der Waals surface area contributed by atoms with Gasteiger partial charge in [-0.1, -0.05) is 12.8 Å². The molecule has 2 heteroatoms. The highest BCUT2D eigenvalue weighted by atomic mass is 16.5. The molecule has 2 atom stereocenters. The van der Waals surface area contributed by atoms with Crippen LogP contribution in [0.15, 0.2) is 0 Å². The van der Waals surface area contributed by atoms with E-state index < -0.39 is 0 Å². The minimum Gasteiger partial charge on any atom is -0.375 e. The van der Waals surface area contributed by atoms with Gasteiger partial charge in [0.25, 0.3) is 0 Å². The van der Waals surface area contributed by atoms with Gasteiger partial charge in [0.05, 0.1) is 5.60 Å². The standard InChI is InChI=1S/C14H27NO/c1-11(12-6-4-5-7-12)15-13-8-9-16-14(2,3)10-13/h11-13,15H,4-10H2,1-3H3/t11-,13?/m0/s1. The van der Waals surface area contributed by atoms with E-state index in [2.05, 4.69) is 26.1 Å². The molecule has 1 N–H and O–H groups in total. The van der Waals surface area contributed by atoms with E-state index in [-0.39, 0.29) is 5.60 Å². The Bertz CT molecular complexity index is 221. The lowest BCUT2D eigenvalue weighted by atomic mass is 9.91. The van der Waals surface area contributed by atoms with Gasteiger partial charge in [-0.05, 0) is 52.4 Å². The van der Waals surface area contributed by atoms with Gasteiger partial charge >= 0.3 is 0 Å². The summed E-state index contributed by atoms with van der Waals surface area (Å²) in [5, 5.41) is 3.84. The molecule has 1 heterocycles. The average Bonchev–Trinajstić information content (AvgIpc) is 2.68. The van der Waals surface area contributed by atoms with Crippen molar-refractivity contribution in [3.05, 3.63) is 0 Å². The van der Waals surface area contributed by atoms with Gasteiger partial charge in [0.2, 0.25) is 0 Å². The lowest BCUT2D eigenvalue weighted by Gasteiger charge is -2.38. The first-order valence-corrected chi connectivity index (χ1v) is 6.97. The maximum atomic E-state index is 5.76. The molecule has 1 unspecified atom stereocenters. The second-order valence-electron chi connectivity index (χ2n) is 6.30. The molecule has 1 saturated carbocycles. The van der Waals surface area contributed by atoms with Crippen LogP contribution in [0.5, 0.6) is 0 Å². The molecule has 0 spiro atoms. The lowest BCUT2D eigenvalue weighted by Crippen LogP contribution is -2.48. The summed E-state index contributed by atoms with van der Waals surface area (Å²) in [6, 6.07) is 1.36. The molecule has 1 saturated heterocycles. The Kier molecular flexibility index (Phi) is 3.91. The first-order chi connectivity index (χ1) is 7.57. The summed E-state index contributed by atoms with van der Waals surface area (Å²) < 4.78 is 5.76. The predicted molar refractivity (Wildman–Crippen MR) is 67.6 cm³/mol. The van der Waals surface area contributed by atoms with Crippen LogP contribution in [0.3, 0.4) is 0 Å². The second kappa shape index (κ2) is 5.05. The van der Waals surface area contributed by atoms with E-state index in [9.17, 15) is 0 Å². The van der Waals surface area contributed by atoms with Crippen LogP contribution in [0.2, 0.25) is 0 Å². The lowest BCUT2D eigenvalue weighted by molar-refractivity contribution is -0.0646. The van der Waals surface area contributed by atoms with E-state index in [4.69, 9.17) is 4.74 Å². The van der Waals surface area contributed by atoms with Crippen LogP contribution in [0, 0.1) is 5.92 Å². The van der Waals surface area contributed by atoms with E-state index >= 15 is 0 Å². The van der Waals surface area contributed by atoms with Crippen LogP contribution in [0.1, 0.15) is 59.3 Å². The summed E-state index contributed by atoms with van der Waals surface area (Å²) >= 11 is 0. The van der Waals surface area contributed by atoms with Crippen LogP contribution in [0.25, 0.3) is 0 Å². The molecule has 2 nitrogen and oxygen atoms in total. The summed E-state index contributed by atoms with van der Waals surface area (Å²) in [6.45, 7) is 7.71. The number of hydrogen-bond donors (Lipinski definition) is 1. The SMILES string of the molecule is C[C@H](NC1CCOC(C)(C)C1)C1CCCC1. The van der Waals surface area contributed by atoms with E-state index in [1.165, 1.54) is 32.1 Å².